The van der Waals surface area contributed by atoms with Crippen molar-refractivity contribution in [1.82, 2.24) is 10.9 Å². The van der Waals surface area contributed by atoms with Crippen LogP contribution in [0.4, 0.5) is 0 Å². The Bertz CT molecular complexity index is 373. The lowest BCUT2D eigenvalue weighted by Crippen LogP contribution is -2.45. The number of nitrogens with one attached hydrogen (secondary N) is 2. The van der Waals surface area contributed by atoms with Gasteiger partial charge in [0.05, 0.1) is 0 Å². The Labute approximate surface area is 92.1 Å². The van der Waals surface area contributed by atoms with Crippen LogP contribution in [0.1, 0.15) is 11.6 Å². The first kappa shape index (κ1) is 12.0. The molecule has 0 fully saturated rings. The number of aliphatic imine (C=N–C) groups is 1. The van der Waals surface area contributed by atoms with E-state index < -0.39 is 12.0 Å². The summed E-state index contributed by atoms with van der Waals surface area (Å²) in [7, 11) is 0. The van der Waals surface area contributed by atoms with Gasteiger partial charge in [-0.15, -0.1) is 0 Å². The first-order valence-corrected chi connectivity index (χ1v) is 4.47. The van der Waals surface area contributed by atoms with Crippen LogP contribution in [0, 0.1) is 0 Å². The molecule has 0 saturated heterocycles. The lowest BCUT2D eigenvalue weighted by molar-refractivity contribution is -0.138. The molecule has 1 rings (SSSR count). The van der Waals surface area contributed by atoms with E-state index in [4.69, 9.17) is 16.8 Å². The predicted molar refractivity (Wildman–Crippen MR) is 58.9 cm³/mol. The molecule has 1 aromatic rings. The third-order valence-electron chi connectivity index (χ3n) is 1.88. The van der Waals surface area contributed by atoms with E-state index >= 15 is 0 Å². The van der Waals surface area contributed by atoms with E-state index in [-0.39, 0.29) is 5.96 Å². The van der Waals surface area contributed by atoms with Crippen LogP contribution in [0.5, 0.6) is 0 Å². The van der Waals surface area contributed by atoms with Gasteiger partial charge in [0.2, 0.25) is 5.96 Å². The van der Waals surface area contributed by atoms with Crippen LogP contribution >= 0.6 is 0 Å². The van der Waals surface area contributed by atoms with Crippen molar-refractivity contribution in [2.75, 3.05) is 0 Å². The van der Waals surface area contributed by atoms with E-state index in [0.29, 0.717) is 5.56 Å². The molecule has 7 heteroatoms. The zero-order valence-electron chi connectivity index (χ0n) is 8.42. The Balaban J connectivity index is 3.01. The fraction of sp³-hybridized carbons (Fsp3) is 0.111. The van der Waals surface area contributed by atoms with E-state index in [1.165, 1.54) is 0 Å². The van der Waals surface area contributed by atoms with Crippen molar-refractivity contribution in [3.63, 3.8) is 0 Å². The summed E-state index contributed by atoms with van der Waals surface area (Å²) < 4.78 is 0. The molecular weight excluding hydrogens is 210 g/mol. The van der Waals surface area contributed by atoms with Crippen molar-refractivity contribution < 1.29 is 9.90 Å². The van der Waals surface area contributed by atoms with Gasteiger partial charge in [-0.1, -0.05) is 30.3 Å². The monoisotopic (exact) mass is 223 g/mol. The Morgan fingerprint density at radius 2 is 1.81 bits per heavy atom. The molecule has 1 unspecified atom stereocenters. The highest BCUT2D eigenvalue weighted by molar-refractivity contribution is 5.84. The van der Waals surface area contributed by atoms with Crippen molar-refractivity contribution >= 4 is 11.9 Å². The number of aliphatic carboxylic acids is 1. The van der Waals surface area contributed by atoms with Gasteiger partial charge in [0, 0.05) is 0 Å². The van der Waals surface area contributed by atoms with Crippen molar-refractivity contribution in [2.24, 2.45) is 16.7 Å². The zero-order chi connectivity index (χ0) is 12.0. The minimum absolute atomic E-state index is 0.00347. The van der Waals surface area contributed by atoms with E-state index in [2.05, 4.69) is 15.8 Å². The maximum Gasteiger partial charge on any atom is 0.333 e. The molecule has 0 spiro atoms. The average Bonchev–Trinajstić information content (AvgIpc) is 2.31. The summed E-state index contributed by atoms with van der Waals surface area (Å²) in [4.78, 5) is 14.9. The highest BCUT2D eigenvalue weighted by Crippen LogP contribution is 2.16. The number of rotatable bonds is 3. The van der Waals surface area contributed by atoms with E-state index in [9.17, 15) is 4.79 Å². The molecule has 1 aromatic carbocycles. The minimum atomic E-state index is -1.09. The molecule has 0 aliphatic heterocycles. The van der Waals surface area contributed by atoms with Crippen LogP contribution in [0.3, 0.4) is 0 Å². The maximum absolute atomic E-state index is 11.0. The molecule has 0 saturated carbocycles. The quantitative estimate of drug-likeness (QED) is 0.195. The second-order valence-corrected chi connectivity index (χ2v) is 2.92. The number of guanidine groups is 1. The molecule has 0 radical (unpaired) electrons. The average molecular weight is 223 g/mol. The van der Waals surface area contributed by atoms with Crippen LogP contribution in [0.25, 0.3) is 0 Å². The molecule has 86 valence electrons. The number of carbonyl (C=O) groups is 1. The lowest BCUT2D eigenvalue weighted by Gasteiger charge is -2.10. The summed E-state index contributed by atoms with van der Waals surface area (Å²) in [5.74, 6) is 9.10. The highest BCUT2D eigenvalue weighted by atomic mass is 16.4. The molecule has 0 bridgehead atoms. The lowest BCUT2D eigenvalue weighted by atomic mass is 10.1. The maximum atomic E-state index is 11.0. The van der Waals surface area contributed by atoms with Crippen molar-refractivity contribution in [3.8, 4) is 0 Å². The molecule has 0 heterocycles. The molecule has 0 aliphatic carbocycles. The number of hydrazine groups is 2. The Morgan fingerprint density at radius 3 is 2.25 bits per heavy atom. The van der Waals surface area contributed by atoms with Crippen molar-refractivity contribution in [3.05, 3.63) is 35.9 Å². The van der Waals surface area contributed by atoms with Crippen LogP contribution in [0.2, 0.25) is 0 Å². The molecular formula is C9H13N5O2. The summed E-state index contributed by atoms with van der Waals surface area (Å²) in [5, 5.41) is 9.02. The van der Waals surface area contributed by atoms with Gasteiger partial charge >= 0.3 is 5.97 Å². The minimum Gasteiger partial charge on any atom is -0.479 e. The predicted octanol–water partition coefficient (Wildman–Crippen LogP) is -0.905. The fourth-order valence-electron chi connectivity index (χ4n) is 1.15. The Hall–Kier alpha value is -2.12. The van der Waals surface area contributed by atoms with Crippen LogP contribution < -0.4 is 22.5 Å². The second-order valence-electron chi connectivity index (χ2n) is 2.92. The molecule has 0 aromatic heterocycles. The van der Waals surface area contributed by atoms with Gasteiger partial charge in [-0.25, -0.2) is 21.5 Å². The van der Waals surface area contributed by atoms with E-state index in [1.54, 1.807) is 30.3 Å². The molecule has 7 N–H and O–H groups in total. The Morgan fingerprint density at radius 1 is 1.25 bits per heavy atom. The smallest absolute Gasteiger partial charge is 0.333 e. The van der Waals surface area contributed by atoms with Gasteiger partial charge < -0.3 is 5.11 Å². The summed E-state index contributed by atoms with van der Waals surface area (Å²) >= 11 is 0. The van der Waals surface area contributed by atoms with Crippen LogP contribution in [-0.2, 0) is 4.79 Å². The van der Waals surface area contributed by atoms with E-state index in [1.807, 2.05) is 0 Å². The number of benzene rings is 1. The number of hydrogen-bond donors (Lipinski definition) is 5. The van der Waals surface area contributed by atoms with E-state index in [0.717, 1.165) is 0 Å². The number of nitrogens with zero attached hydrogens (tertiary/aromatic N) is 1. The van der Waals surface area contributed by atoms with Gasteiger partial charge in [-0.05, 0) is 5.56 Å². The number of carboxylic acid groups (broad SMARTS) is 1. The second kappa shape index (κ2) is 5.69. The third kappa shape index (κ3) is 2.94. The fourth-order valence-corrected chi connectivity index (χ4v) is 1.15. The van der Waals surface area contributed by atoms with Gasteiger partial charge in [-0.2, -0.15) is 0 Å². The van der Waals surface area contributed by atoms with Crippen LogP contribution in [-0.4, -0.2) is 17.0 Å². The number of carboxylic acids is 1. The normalized spacial score (nSPS) is 11.4. The SMILES string of the molecule is NNC(=NC(C(=O)O)c1ccccc1)NN. The molecule has 7 nitrogen and oxygen atoms in total. The zero-order valence-corrected chi connectivity index (χ0v) is 8.42. The summed E-state index contributed by atoms with van der Waals surface area (Å²) in [6.45, 7) is 0. The largest absolute Gasteiger partial charge is 0.479 e. The van der Waals surface area contributed by atoms with Gasteiger partial charge in [0.25, 0.3) is 0 Å². The Kier molecular flexibility index (Phi) is 4.25. The molecule has 1 atom stereocenters. The van der Waals surface area contributed by atoms with Gasteiger partial charge in [0.1, 0.15) is 0 Å². The topological polar surface area (TPSA) is 126 Å². The first-order chi connectivity index (χ1) is 7.69. The first-order valence-electron chi connectivity index (χ1n) is 4.47. The van der Waals surface area contributed by atoms with Crippen LogP contribution in [0.15, 0.2) is 35.3 Å². The third-order valence-corrected chi connectivity index (χ3v) is 1.88. The summed E-state index contributed by atoms with van der Waals surface area (Å²) in [5.41, 5.74) is 4.85. The van der Waals surface area contributed by atoms with Gasteiger partial charge in [-0.3, -0.25) is 10.9 Å². The standard InChI is InChI=1S/C9H13N5O2/c10-13-9(14-11)12-7(8(15)16)6-4-2-1-3-5-6/h1-5,7H,10-11H2,(H,15,16)(H2,12,13,14). The van der Waals surface area contributed by atoms with Crippen molar-refractivity contribution in [1.29, 1.82) is 0 Å². The molecule has 16 heavy (non-hydrogen) atoms. The molecule has 0 aliphatic rings. The number of nitrogens with two attached hydrogens (primary N) is 2. The van der Waals surface area contributed by atoms with Gasteiger partial charge in [0.15, 0.2) is 6.04 Å². The summed E-state index contributed by atoms with van der Waals surface area (Å²) in [6, 6.07) is 7.51. The highest BCUT2D eigenvalue weighted by Gasteiger charge is 2.18. The summed E-state index contributed by atoms with van der Waals surface area (Å²) in [6.07, 6.45) is 0. The number of hydrogen-bond acceptors (Lipinski definition) is 4. The van der Waals surface area contributed by atoms with Crippen molar-refractivity contribution in [2.45, 2.75) is 6.04 Å². The molecule has 0 amide bonds.